The van der Waals surface area contributed by atoms with E-state index in [1.165, 1.54) is 0 Å². The van der Waals surface area contributed by atoms with Crippen molar-refractivity contribution in [3.8, 4) is 5.75 Å². The summed E-state index contributed by atoms with van der Waals surface area (Å²) >= 11 is 0. The third kappa shape index (κ3) is 3.70. The van der Waals surface area contributed by atoms with E-state index in [0.717, 1.165) is 0 Å². The highest BCUT2D eigenvalue weighted by atomic mass is 32.2. The molecular formula is C14H10F4O12S3. The number of carbonyl (C=O) groups is 1. The Morgan fingerprint density at radius 2 is 1.52 bits per heavy atom. The molecule has 6 unspecified atom stereocenters. The van der Waals surface area contributed by atoms with Gasteiger partial charge in [0.15, 0.2) is 16.5 Å². The molecule has 3 fully saturated rings. The Bertz CT molecular complexity index is 1360. The van der Waals surface area contributed by atoms with Crippen molar-refractivity contribution in [2.75, 3.05) is 6.26 Å². The molecule has 1 N–H and O–H groups in total. The van der Waals surface area contributed by atoms with Crippen molar-refractivity contribution in [1.29, 1.82) is 0 Å². The van der Waals surface area contributed by atoms with Crippen LogP contribution in [0.4, 0.5) is 17.6 Å². The van der Waals surface area contributed by atoms with Crippen LogP contribution in [-0.4, -0.2) is 71.7 Å². The van der Waals surface area contributed by atoms with Gasteiger partial charge in [-0.05, 0) is 0 Å². The molecule has 184 valence electrons. The third-order valence-electron chi connectivity index (χ3n) is 5.10. The van der Waals surface area contributed by atoms with E-state index in [1.54, 1.807) is 0 Å². The molecule has 0 aromatic heterocycles. The Morgan fingerprint density at radius 1 is 0.970 bits per heavy atom. The van der Waals surface area contributed by atoms with Gasteiger partial charge in [-0.1, -0.05) is 0 Å². The fourth-order valence-electron chi connectivity index (χ4n) is 3.98. The van der Waals surface area contributed by atoms with Gasteiger partial charge in [0.25, 0.3) is 20.2 Å². The van der Waals surface area contributed by atoms with Gasteiger partial charge in [-0.2, -0.15) is 34.0 Å². The van der Waals surface area contributed by atoms with Crippen molar-refractivity contribution in [2.45, 2.75) is 34.6 Å². The number of carbonyl (C=O) groups excluding carboxylic acids is 1. The van der Waals surface area contributed by atoms with Crippen LogP contribution in [0.3, 0.4) is 0 Å². The fraction of sp³-hybridized carbons (Fsp3) is 0.500. The molecule has 19 heteroatoms. The van der Waals surface area contributed by atoms with E-state index in [1.807, 2.05) is 0 Å². The van der Waals surface area contributed by atoms with E-state index in [-0.39, 0.29) is 0 Å². The highest BCUT2D eigenvalue weighted by molar-refractivity contribution is 7.87. The second-order valence-electron chi connectivity index (χ2n) is 7.18. The second-order valence-corrected chi connectivity index (χ2v) is 11.9. The molecule has 33 heavy (non-hydrogen) atoms. The van der Waals surface area contributed by atoms with Crippen molar-refractivity contribution >= 4 is 36.3 Å². The Labute approximate surface area is 182 Å². The van der Waals surface area contributed by atoms with E-state index < -0.39 is 106 Å². The van der Waals surface area contributed by atoms with E-state index in [0.29, 0.717) is 6.26 Å². The van der Waals surface area contributed by atoms with Crippen LogP contribution in [0.15, 0.2) is 4.90 Å². The number of esters is 1. The van der Waals surface area contributed by atoms with Gasteiger partial charge in [-0.3, -0.25) is 17.7 Å². The summed E-state index contributed by atoms with van der Waals surface area (Å²) in [6.07, 6.45) is -5.68. The van der Waals surface area contributed by atoms with Gasteiger partial charge in [0.05, 0.1) is 6.26 Å². The molecule has 1 aromatic rings. The predicted molar refractivity (Wildman–Crippen MR) is 91.2 cm³/mol. The van der Waals surface area contributed by atoms with Crippen LogP contribution in [-0.2, 0) is 48.3 Å². The minimum atomic E-state index is -5.78. The van der Waals surface area contributed by atoms with Crippen molar-refractivity contribution in [3.63, 3.8) is 0 Å². The van der Waals surface area contributed by atoms with Crippen molar-refractivity contribution in [3.05, 3.63) is 23.3 Å². The second kappa shape index (κ2) is 7.30. The van der Waals surface area contributed by atoms with Crippen LogP contribution in [0.25, 0.3) is 0 Å². The minimum absolute atomic E-state index is 0.598. The zero-order chi connectivity index (χ0) is 24.8. The lowest BCUT2D eigenvalue weighted by atomic mass is 9.85. The molecule has 2 bridgehead atoms. The Kier molecular flexibility index (Phi) is 5.36. The average molecular weight is 542 g/mol. The maximum atomic E-state index is 14.2. The van der Waals surface area contributed by atoms with Gasteiger partial charge in [0, 0.05) is 0 Å². The summed E-state index contributed by atoms with van der Waals surface area (Å²) in [7, 11) is -14.7. The minimum Gasteiger partial charge on any atom is -0.420 e. The lowest BCUT2D eigenvalue weighted by molar-refractivity contribution is -0.142. The summed E-state index contributed by atoms with van der Waals surface area (Å²) in [6.45, 7) is 0. The first-order chi connectivity index (χ1) is 15.0. The first-order valence-electron chi connectivity index (χ1n) is 8.46. The molecule has 3 heterocycles. The third-order valence-corrected chi connectivity index (χ3v) is 8.26. The van der Waals surface area contributed by atoms with Gasteiger partial charge in [0.2, 0.25) is 17.4 Å². The molecule has 0 radical (unpaired) electrons. The average Bonchev–Trinajstić information content (AvgIpc) is 3.24. The Morgan fingerprint density at radius 3 is 2.00 bits per heavy atom. The number of ether oxygens (including phenoxy) is 2. The Balaban J connectivity index is 1.74. The zero-order valence-corrected chi connectivity index (χ0v) is 18.1. The standard InChI is InChI=1S/C14H10F4O12S3/c1-31(20,21)29-9-7-2(12-11(27-7)10(9)30-33(12,25)26)14(19)28-8-3(15)5(17)13(32(22,23)24)6(18)4(8)16/h2,7,9-12H,1H3,(H,22,23,24). The first-order valence-corrected chi connectivity index (χ1v) is 13.2. The van der Waals surface area contributed by atoms with Crippen LogP contribution >= 0.6 is 0 Å². The summed E-state index contributed by atoms with van der Waals surface area (Å²) in [5.74, 6) is -16.3. The van der Waals surface area contributed by atoms with Gasteiger partial charge in [-0.25, -0.2) is 8.78 Å². The number of hydrogen-bond acceptors (Lipinski definition) is 11. The van der Waals surface area contributed by atoms with Gasteiger partial charge < -0.3 is 9.47 Å². The van der Waals surface area contributed by atoms with Crippen LogP contribution < -0.4 is 4.74 Å². The lowest BCUT2D eigenvalue weighted by Crippen LogP contribution is -2.50. The van der Waals surface area contributed by atoms with Gasteiger partial charge in [0.1, 0.15) is 35.6 Å². The molecule has 0 amide bonds. The van der Waals surface area contributed by atoms with Crippen LogP contribution in [0, 0.1) is 29.2 Å². The fourth-order valence-corrected chi connectivity index (χ4v) is 7.07. The molecule has 0 spiro atoms. The lowest BCUT2D eigenvalue weighted by Gasteiger charge is -2.26. The van der Waals surface area contributed by atoms with E-state index in [4.69, 9.17) is 17.7 Å². The quantitative estimate of drug-likeness (QED) is 0.123. The van der Waals surface area contributed by atoms with Crippen molar-refractivity contribution in [2.24, 2.45) is 5.92 Å². The maximum absolute atomic E-state index is 14.2. The smallest absolute Gasteiger partial charge is 0.318 e. The summed E-state index contributed by atoms with van der Waals surface area (Å²) in [5, 5.41) is -1.84. The number of benzene rings is 1. The highest BCUT2D eigenvalue weighted by Gasteiger charge is 2.73. The number of halogens is 4. The molecule has 3 saturated heterocycles. The van der Waals surface area contributed by atoms with Crippen molar-refractivity contribution < 1.29 is 70.0 Å². The summed E-state index contributed by atoms with van der Waals surface area (Å²) in [5.41, 5.74) is 0. The monoisotopic (exact) mass is 542 g/mol. The number of hydrogen-bond donors (Lipinski definition) is 1. The number of fused-ring (bicyclic) bond motifs is 1. The van der Waals surface area contributed by atoms with Crippen molar-refractivity contribution in [1.82, 2.24) is 0 Å². The molecule has 3 aliphatic heterocycles. The molecule has 4 rings (SSSR count). The maximum Gasteiger partial charge on any atom is 0.318 e. The Hall–Kier alpha value is -1.90. The van der Waals surface area contributed by atoms with E-state index >= 15 is 0 Å². The SMILES string of the molecule is CS(=O)(=O)OC1C2OS(=O)(=O)C3C2OC1C3C(=O)Oc1c(F)c(F)c(S(=O)(=O)O)c(F)c1F. The topological polar surface area (TPSA) is 177 Å². The first kappa shape index (κ1) is 24.2. The van der Waals surface area contributed by atoms with Crippen LogP contribution in [0.5, 0.6) is 5.75 Å². The molecule has 3 aliphatic rings. The summed E-state index contributed by atoms with van der Waals surface area (Å²) in [4.78, 5) is 10.2. The summed E-state index contributed by atoms with van der Waals surface area (Å²) in [6, 6.07) is 0. The van der Waals surface area contributed by atoms with Crippen LogP contribution in [0.2, 0.25) is 0 Å². The number of rotatable bonds is 5. The van der Waals surface area contributed by atoms with E-state index in [9.17, 15) is 47.6 Å². The molecule has 0 saturated carbocycles. The molecule has 0 aliphatic carbocycles. The molecular weight excluding hydrogens is 532 g/mol. The predicted octanol–water partition coefficient (Wildman–Crippen LogP) is -0.766. The van der Waals surface area contributed by atoms with Gasteiger partial charge in [-0.15, -0.1) is 0 Å². The molecule has 12 nitrogen and oxygen atoms in total. The molecule has 1 aromatic carbocycles. The molecule has 6 atom stereocenters. The summed E-state index contributed by atoms with van der Waals surface area (Å²) < 4.78 is 154. The van der Waals surface area contributed by atoms with Crippen LogP contribution in [0.1, 0.15) is 0 Å². The van der Waals surface area contributed by atoms with E-state index in [2.05, 4.69) is 4.74 Å². The largest absolute Gasteiger partial charge is 0.420 e. The highest BCUT2D eigenvalue weighted by Crippen LogP contribution is 2.52. The zero-order valence-electron chi connectivity index (χ0n) is 15.6. The normalized spacial score (nSPS) is 32.3. The van der Waals surface area contributed by atoms with Gasteiger partial charge >= 0.3 is 16.1 Å².